The van der Waals surface area contributed by atoms with Crippen molar-refractivity contribution in [2.24, 2.45) is 0 Å². The highest BCUT2D eigenvalue weighted by molar-refractivity contribution is 5.82. The summed E-state index contributed by atoms with van der Waals surface area (Å²) in [6.45, 7) is 3.00. The molecule has 2 aromatic rings. The third-order valence-corrected chi connectivity index (χ3v) is 2.98. The number of rotatable bonds is 6. The monoisotopic (exact) mass is 298 g/mol. The Morgan fingerprint density at radius 3 is 2.71 bits per heavy atom. The molecule has 6 heteroatoms. The number of benzene rings is 1. The number of para-hydroxylation sites is 1. The van der Waals surface area contributed by atoms with Crippen molar-refractivity contribution in [1.82, 2.24) is 10.3 Å². The van der Waals surface area contributed by atoms with Crippen LogP contribution in [0.5, 0.6) is 5.88 Å². The van der Waals surface area contributed by atoms with Crippen molar-refractivity contribution in [2.75, 3.05) is 13.2 Å². The molecule has 1 aromatic carbocycles. The molecule has 0 unspecified atom stereocenters. The zero-order chi connectivity index (χ0) is 15.3. The van der Waals surface area contributed by atoms with Crippen LogP contribution in [0.2, 0.25) is 0 Å². The number of ether oxygens (including phenoxy) is 1. The van der Waals surface area contributed by atoms with Crippen LogP contribution in [0.1, 0.15) is 18.9 Å². The average molecular weight is 298 g/mol. The molecule has 0 saturated heterocycles. The zero-order valence-corrected chi connectivity index (χ0v) is 11.7. The van der Waals surface area contributed by atoms with Crippen molar-refractivity contribution in [3.63, 3.8) is 0 Å². The molecule has 1 heterocycles. The summed E-state index contributed by atoms with van der Waals surface area (Å²) < 4.78 is 41.6. The number of pyridine rings is 1. The lowest BCUT2D eigenvalue weighted by atomic mass is 10.1. The van der Waals surface area contributed by atoms with Gasteiger partial charge in [-0.3, -0.25) is 0 Å². The summed E-state index contributed by atoms with van der Waals surface area (Å²) in [5, 5.41) is 4.17. The Bertz CT molecular complexity index is 599. The predicted octanol–water partition coefficient (Wildman–Crippen LogP) is 3.68. The second kappa shape index (κ2) is 6.76. The molecule has 0 radical (unpaired) electrons. The van der Waals surface area contributed by atoms with Crippen molar-refractivity contribution in [3.8, 4) is 5.88 Å². The van der Waals surface area contributed by atoms with Gasteiger partial charge in [0.15, 0.2) is 0 Å². The quantitative estimate of drug-likeness (QED) is 0.883. The molecule has 0 aliphatic carbocycles. The van der Waals surface area contributed by atoms with Crippen LogP contribution >= 0.6 is 0 Å². The predicted molar refractivity (Wildman–Crippen MR) is 75.3 cm³/mol. The van der Waals surface area contributed by atoms with Crippen molar-refractivity contribution in [3.05, 3.63) is 35.9 Å². The van der Waals surface area contributed by atoms with E-state index in [1.807, 2.05) is 31.2 Å². The van der Waals surface area contributed by atoms with Gasteiger partial charge in [-0.25, -0.2) is 4.98 Å². The Morgan fingerprint density at radius 2 is 2.00 bits per heavy atom. The molecule has 1 aromatic heterocycles. The molecule has 0 amide bonds. The van der Waals surface area contributed by atoms with Gasteiger partial charge in [-0.1, -0.05) is 25.1 Å². The van der Waals surface area contributed by atoms with Crippen LogP contribution in [0.3, 0.4) is 0 Å². The molecule has 3 nitrogen and oxygen atoms in total. The van der Waals surface area contributed by atoms with Gasteiger partial charge in [-0.15, -0.1) is 0 Å². The van der Waals surface area contributed by atoms with Crippen LogP contribution in [0.15, 0.2) is 30.3 Å². The lowest BCUT2D eigenvalue weighted by molar-refractivity contribution is -0.139. The van der Waals surface area contributed by atoms with Crippen LogP contribution in [0.25, 0.3) is 10.9 Å². The largest absolute Gasteiger partial charge is 0.477 e. The molecule has 0 aliphatic rings. The van der Waals surface area contributed by atoms with E-state index in [-0.39, 0.29) is 5.88 Å². The van der Waals surface area contributed by atoms with Gasteiger partial charge < -0.3 is 10.1 Å². The third kappa shape index (κ3) is 4.60. The molecular formula is C15H17F3N2O. The summed E-state index contributed by atoms with van der Waals surface area (Å²) in [6, 6.07) is 9.20. The van der Waals surface area contributed by atoms with Gasteiger partial charge in [-0.2, -0.15) is 13.2 Å². The van der Waals surface area contributed by atoms with E-state index in [2.05, 4.69) is 10.3 Å². The van der Waals surface area contributed by atoms with Gasteiger partial charge >= 0.3 is 6.18 Å². The van der Waals surface area contributed by atoms with Crippen molar-refractivity contribution in [2.45, 2.75) is 26.1 Å². The molecule has 2 rings (SSSR count). The normalized spacial score (nSPS) is 11.8. The summed E-state index contributed by atoms with van der Waals surface area (Å²) in [4.78, 5) is 4.25. The number of nitrogens with zero attached hydrogens (tertiary/aromatic N) is 1. The van der Waals surface area contributed by atoms with Crippen LogP contribution in [0, 0.1) is 0 Å². The maximum atomic E-state index is 12.1. The smallest absolute Gasteiger partial charge is 0.392 e. The number of fused-ring (bicyclic) bond motifs is 1. The fraction of sp³-hybridized carbons (Fsp3) is 0.400. The lowest BCUT2D eigenvalue weighted by Gasteiger charge is -2.12. The zero-order valence-electron chi connectivity index (χ0n) is 11.7. The number of hydrogen-bond donors (Lipinski definition) is 1. The summed E-state index contributed by atoms with van der Waals surface area (Å²) in [6.07, 6.45) is -5.20. The van der Waals surface area contributed by atoms with E-state index in [0.717, 1.165) is 23.0 Å². The molecule has 0 bridgehead atoms. The summed E-state index contributed by atoms with van der Waals surface area (Å²) in [7, 11) is 0. The highest BCUT2D eigenvalue weighted by Crippen LogP contribution is 2.24. The van der Waals surface area contributed by atoms with E-state index >= 15 is 0 Å². The summed E-state index contributed by atoms with van der Waals surface area (Å²) in [5.41, 5.74) is 1.68. The van der Waals surface area contributed by atoms with E-state index in [9.17, 15) is 13.2 Å². The second-order valence-corrected chi connectivity index (χ2v) is 4.63. The molecule has 21 heavy (non-hydrogen) atoms. The molecule has 0 saturated carbocycles. The minimum absolute atomic E-state index is 0.228. The van der Waals surface area contributed by atoms with Crippen LogP contribution in [-0.2, 0) is 6.54 Å². The molecule has 0 spiro atoms. The van der Waals surface area contributed by atoms with Crippen LogP contribution in [-0.4, -0.2) is 24.3 Å². The van der Waals surface area contributed by atoms with E-state index in [1.54, 1.807) is 6.07 Å². The number of halogens is 3. The number of alkyl halides is 3. The minimum Gasteiger partial charge on any atom is -0.477 e. The highest BCUT2D eigenvalue weighted by Gasteiger charge is 2.27. The number of aromatic nitrogens is 1. The Hall–Kier alpha value is -1.82. The maximum absolute atomic E-state index is 12.1. The standard InChI is InChI=1S/C15H17F3N2O/c1-2-19-10-11-9-14(21-8-7-15(16,17)18)20-13-6-4-3-5-12(11)13/h3-6,9,19H,2,7-8,10H2,1H3. The Labute approximate surface area is 121 Å². The number of nitrogens with one attached hydrogen (secondary N) is 1. The van der Waals surface area contributed by atoms with Crippen molar-refractivity contribution < 1.29 is 17.9 Å². The SMILES string of the molecule is CCNCc1cc(OCCC(F)(F)F)nc2ccccc12. The highest BCUT2D eigenvalue weighted by atomic mass is 19.4. The van der Waals surface area contributed by atoms with Crippen LogP contribution < -0.4 is 10.1 Å². The minimum atomic E-state index is -4.22. The summed E-state index contributed by atoms with van der Waals surface area (Å²) in [5.74, 6) is 0.228. The average Bonchev–Trinajstić information content (AvgIpc) is 2.43. The van der Waals surface area contributed by atoms with Gasteiger partial charge in [0.2, 0.25) is 5.88 Å². The van der Waals surface area contributed by atoms with Gasteiger partial charge in [0, 0.05) is 18.0 Å². The first-order chi connectivity index (χ1) is 9.99. The first kappa shape index (κ1) is 15.6. The van der Waals surface area contributed by atoms with Crippen molar-refractivity contribution >= 4 is 10.9 Å². The van der Waals surface area contributed by atoms with E-state index in [1.165, 1.54) is 0 Å². The van der Waals surface area contributed by atoms with E-state index in [0.29, 0.717) is 6.54 Å². The fourth-order valence-corrected chi connectivity index (χ4v) is 1.97. The maximum Gasteiger partial charge on any atom is 0.392 e. The topological polar surface area (TPSA) is 34.1 Å². The molecule has 0 aliphatic heterocycles. The van der Waals surface area contributed by atoms with Gasteiger partial charge in [-0.05, 0) is 18.2 Å². The summed E-state index contributed by atoms with van der Waals surface area (Å²) >= 11 is 0. The first-order valence-corrected chi connectivity index (χ1v) is 6.78. The third-order valence-electron chi connectivity index (χ3n) is 2.98. The molecular weight excluding hydrogens is 281 g/mol. The lowest BCUT2D eigenvalue weighted by Crippen LogP contribution is -2.14. The van der Waals surface area contributed by atoms with E-state index in [4.69, 9.17) is 4.74 Å². The molecule has 1 N–H and O–H groups in total. The Balaban J connectivity index is 2.19. The molecule has 0 atom stereocenters. The van der Waals surface area contributed by atoms with Gasteiger partial charge in [0.25, 0.3) is 0 Å². The molecule has 0 fully saturated rings. The Morgan fingerprint density at radius 1 is 1.24 bits per heavy atom. The first-order valence-electron chi connectivity index (χ1n) is 6.78. The molecule has 114 valence electrons. The van der Waals surface area contributed by atoms with Gasteiger partial charge in [0.1, 0.15) is 0 Å². The van der Waals surface area contributed by atoms with Gasteiger partial charge in [0.05, 0.1) is 18.5 Å². The number of hydrogen-bond acceptors (Lipinski definition) is 3. The van der Waals surface area contributed by atoms with Crippen LogP contribution in [0.4, 0.5) is 13.2 Å². The second-order valence-electron chi connectivity index (χ2n) is 4.63. The Kier molecular flexibility index (Phi) is 5.01. The van der Waals surface area contributed by atoms with Crippen molar-refractivity contribution in [1.29, 1.82) is 0 Å². The fourth-order valence-electron chi connectivity index (χ4n) is 1.97. The van der Waals surface area contributed by atoms with E-state index < -0.39 is 19.2 Å².